The molecule has 4 nitrogen and oxygen atoms in total. The third kappa shape index (κ3) is 2.51. The summed E-state index contributed by atoms with van der Waals surface area (Å²) in [5, 5.41) is 0. The van der Waals surface area contributed by atoms with Crippen LogP contribution in [-0.2, 0) is 9.59 Å². The van der Waals surface area contributed by atoms with Crippen molar-refractivity contribution in [1.29, 1.82) is 0 Å². The number of carbonyl (C=O) groups excluding carboxylic acids is 2. The Morgan fingerprint density at radius 1 is 1.06 bits per heavy atom. The van der Waals surface area contributed by atoms with Crippen LogP contribution in [0, 0.1) is 11.8 Å². The average Bonchev–Trinajstić information content (AvgIpc) is 2.49. The number of rotatable bonds is 3. The van der Waals surface area contributed by atoms with Crippen LogP contribution in [0.25, 0.3) is 0 Å². The zero-order chi connectivity index (χ0) is 12.6. The van der Waals surface area contributed by atoms with E-state index < -0.39 is 0 Å². The summed E-state index contributed by atoms with van der Waals surface area (Å²) < 4.78 is 0.784. The molecule has 1 saturated heterocycles. The van der Waals surface area contributed by atoms with Gasteiger partial charge in [0, 0.05) is 0 Å². The first kappa shape index (κ1) is 12.6. The van der Waals surface area contributed by atoms with Crippen LogP contribution >= 0.6 is 0 Å². The normalized spacial score (nSPS) is 29.7. The molecule has 0 aromatic carbocycles. The number of likely N-dealkylation sites (N-methyl/N-ethyl adjacent to an activating group) is 1. The molecule has 2 amide bonds. The van der Waals surface area contributed by atoms with E-state index in [1.807, 2.05) is 0 Å². The van der Waals surface area contributed by atoms with Gasteiger partial charge in [0.25, 0.3) is 0 Å². The maximum Gasteiger partial charge on any atom is 0.233 e. The number of hydrogen-bond acceptors (Lipinski definition) is 2. The summed E-state index contributed by atoms with van der Waals surface area (Å²) in [4.78, 5) is 25.8. The zero-order valence-corrected chi connectivity index (χ0v) is 11.1. The number of quaternary nitrogens is 1. The molecule has 0 bridgehead atoms. The van der Waals surface area contributed by atoms with Crippen LogP contribution in [-0.4, -0.2) is 55.4 Å². The van der Waals surface area contributed by atoms with E-state index >= 15 is 0 Å². The van der Waals surface area contributed by atoms with E-state index in [9.17, 15) is 9.59 Å². The van der Waals surface area contributed by atoms with Crippen LogP contribution < -0.4 is 0 Å². The molecule has 1 aliphatic carbocycles. The molecule has 0 radical (unpaired) electrons. The molecule has 1 aliphatic heterocycles. The van der Waals surface area contributed by atoms with Crippen molar-refractivity contribution in [3.63, 3.8) is 0 Å². The molecule has 2 atom stereocenters. The minimum atomic E-state index is 0.00344. The highest BCUT2D eigenvalue weighted by Gasteiger charge is 2.48. The van der Waals surface area contributed by atoms with Gasteiger partial charge in [-0.3, -0.25) is 14.5 Å². The van der Waals surface area contributed by atoms with E-state index in [0.29, 0.717) is 6.54 Å². The van der Waals surface area contributed by atoms with Gasteiger partial charge in [-0.25, -0.2) is 0 Å². The summed E-state index contributed by atoms with van der Waals surface area (Å²) in [5.74, 6) is 0.189. The molecule has 1 heterocycles. The zero-order valence-electron chi connectivity index (χ0n) is 11.1. The summed E-state index contributed by atoms with van der Waals surface area (Å²) in [6, 6.07) is 0. The van der Waals surface area contributed by atoms with Crippen molar-refractivity contribution in [2.45, 2.75) is 25.7 Å². The molecule has 17 heavy (non-hydrogen) atoms. The van der Waals surface area contributed by atoms with E-state index in [2.05, 4.69) is 21.1 Å². The van der Waals surface area contributed by atoms with Gasteiger partial charge in [-0.15, -0.1) is 0 Å². The van der Waals surface area contributed by atoms with Crippen molar-refractivity contribution >= 4 is 11.8 Å². The van der Waals surface area contributed by atoms with Gasteiger partial charge in [-0.1, -0.05) is 12.8 Å². The molecule has 0 unspecified atom stereocenters. The molecule has 4 heteroatoms. The number of fused-ring (bicyclic) bond motifs is 1. The lowest BCUT2D eigenvalue weighted by molar-refractivity contribution is -0.869. The Kier molecular flexibility index (Phi) is 3.25. The average molecular weight is 239 g/mol. The molecule has 2 aliphatic rings. The fourth-order valence-electron chi connectivity index (χ4n) is 2.85. The fraction of sp³-hybridized carbons (Fsp3) is 0.846. The SMILES string of the molecule is C[N+](C)(C)CCN1C(=O)[C@@H]2CCCC[C@H]2C1=O. The van der Waals surface area contributed by atoms with Crippen LogP contribution in [0.4, 0.5) is 0 Å². The third-order valence-corrected chi connectivity index (χ3v) is 3.93. The van der Waals surface area contributed by atoms with Crippen molar-refractivity contribution in [3.8, 4) is 0 Å². The first-order valence-corrected chi connectivity index (χ1v) is 6.56. The first-order valence-electron chi connectivity index (χ1n) is 6.56. The van der Waals surface area contributed by atoms with E-state index in [1.54, 1.807) is 0 Å². The molecule has 96 valence electrons. The van der Waals surface area contributed by atoms with Gasteiger partial charge in [-0.2, -0.15) is 0 Å². The Labute approximate surface area is 103 Å². The minimum absolute atomic E-state index is 0.00344. The number of hydrogen-bond donors (Lipinski definition) is 0. The molecular formula is C13H23N2O2+. The number of imide groups is 1. The molecule has 0 aromatic rings. The maximum absolute atomic E-state index is 12.2. The van der Waals surface area contributed by atoms with Crippen LogP contribution in [0.1, 0.15) is 25.7 Å². The van der Waals surface area contributed by atoms with Crippen LogP contribution in [0.5, 0.6) is 0 Å². The second-order valence-electron chi connectivity index (χ2n) is 6.34. The second kappa shape index (κ2) is 4.41. The summed E-state index contributed by atoms with van der Waals surface area (Å²) in [6.45, 7) is 1.41. The molecule has 0 spiro atoms. The van der Waals surface area contributed by atoms with E-state index in [1.165, 1.54) is 4.90 Å². The Morgan fingerprint density at radius 2 is 1.53 bits per heavy atom. The smallest absolute Gasteiger partial charge is 0.233 e. The quantitative estimate of drug-likeness (QED) is 0.541. The standard InChI is InChI=1S/C13H23N2O2/c1-15(2,3)9-8-14-12(16)10-6-4-5-7-11(10)13(14)17/h10-11H,4-9H2,1-3H3/q+1/t10-,11-/m1/s1. The number of nitrogens with zero attached hydrogens (tertiary/aromatic N) is 2. The van der Waals surface area contributed by atoms with E-state index in [4.69, 9.17) is 0 Å². The second-order valence-corrected chi connectivity index (χ2v) is 6.34. The predicted octanol–water partition coefficient (Wildman–Crippen LogP) is 0.868. The number of amides is 2. The molecule has 0 N–H and O–H groups in total. The van der Waals surface area contributed by atoms with Gasteiger partial charge >= 0.3 is 0 Å². The highest BCUT2D eigenvalue weighted by molar-refractivity contribution is 6.05. The highest BCUT2D eigenvalue weighted by atomic mass is 16.2. The lowest BCUT2D eigenvalue weighted by Crippen LogP contribution is -2.44. The largest absolute Gasteiger partial charge is 0.329 e. The van der Waals surface area contributed by atoms with Crippen molar-refractivity contribution in [3.05, 3.63) is 0 Å². The monoisotopic (exact) mass is 239 g/mol. The Morgan fingerprint density at radius 3 is 1.94 bits per heavy atom. The van der Waals surface area contributed by atoms with E-state index in [-0.39, 0.29) is 23.7 Å². The van der Waals surface area contributed by atoms with Gasteiger partial charge in [0.05, 0.1) is 46.1 Å². The summed E-state index contributed by atoms with van der Waals surface area (Å²) in [7, 11) is 6.24. The van der Waals surface area contributed by atoms with Crippen molar-refractivity contribution < 1.29 is 14.1 Å². The molecular weight excluding hydrogens is 216 g/mol. The van der Waals surface area contributed by atoms with Crippen LogP contribution in [0.15, 0.2) is 0 Å². The summed E-state index contributed by atoms with van der Waals surface area (Å²) >= 11 is 0. The summed E-state index contributed by atoms with van der Waals surface area (Å²) in [5.41, 5.74) is 0. The van der Waals surface area contributed by atoms with Crippen molar-refractivity contribution in [2.24, 2.45) is 11.8 Å². The molecule has 1 saturated carbocycles. The fourth-order valence-corrected chi connectivity index (χ4v) is 2.85. The lowest BCUT2D eigenvalue weighted by atomic mass is 9.81. The molecule has 2 fully saturated rings. The van der Waals surface area contributed by atoms with Gasteiger partial charge in [0.1, 0.15) is 0 Å². The maximum atomic E-state index is 12.2. The summed E-state index contributed by atoms with van der Waals surface area (Å²) in [6.07, 6.45) is 4.03. The van der Waals surface area contributed by atoms with Gasteiger partial charge in [0.2, 0.25) is 11.8 Å². The Bertz CT molecular complexity index is 309. The number of carbonyl (C=O) groups is 2. The molecule has 0 aromatic heterocycles. The van der Waals surface area contributed by atoms with Crippen molar-refractivity contribution in [2.75, 3.05) is 34.2 Å². The third-order valence-electron chi connectivity index (χ3n) is 3.93. The first-order chi connectivity index (χ1) is 7.90. The van der Waals surface area contributed by atoms with Crippen LogP contribution in [0.3, 0.4) is 0 Å². The predicted molar refractivity (Wildman–Crippen MR) is 65.1 cm³/mol. The number of likely N-dealkylation sites (tertiary alicyclic amines) is 1. The van der Waals surface area contributed by atoms with Crippen molar-refractivity contribution in [1.82, 2.24) is 4.90 Å². The Balaban J connectivity index is 2.03. The van der Waals surface area contributed by atoms with E-state index in [0.717, 1.165) is 36.7 Å². The topological polar surface area (TPSA) is 37.4 Å². The van der Waals surface area contributed by atoms with Gasteiger partial charge in [-0.05, 0) is 12.8 Å². The van der Waals surface area contributed by atoms with Gasteiger partial charge in [0.15, 0.2) is 0 Å². The minimum Gasteiger partial charge on any atom is -0.329 e. The van der Waals surface area contributed by atoms with Gasteiger partial charge < -0.3 is 4.48 Å². The molecule has 2 rings (SSSR count). The lowest BCUT2D eigenvalue weighted by Gasteiger charge is -2.26. The van der Waals surface area contributed by atoms with Crippen LogP contribution in [0.2, 0.25) is 0 Å². The highest BCUT2D eigenvalue weighted by Crippen LogP contribution is 2.37. The Hall–Kier alpha value is -0.900.